The van der Waals surface area contributed by atoms with Crippen molar-refractivity contribution in [2.24, 2.45) is 5.92 Å². The van der Waals surface area contributed by atoms with Gasteiger partial charge in [-0.25, -0.2) is 0 Å². The molecule has 0 N–H and O–H groups in total. The molecule has 1 aliphatic rings. The molecule has 118 valence electrons. The molecule has 0 saturated heterocycles. The van der Waals surface area contributed by atoms with Crippen molar-refractivity contribution in [3.05, 3.63) is 0 Å². The molecule has 0 unspecified atom stereocenters. The fourth-order valence-corrected chi connectivity index (χ4v) is 2.59. The first-order chi connectivity index (χ1) is 9.09. The minimum atomic E-state index is -5.65. The Bertz CT molecular complexity index is 323. The highest BCUT2D eigenvalue weighted by Crippen LogP contribution is 2.41. The van der Waals surface area contributed by atoms with E-state index < -0.39 is 30.2 Å². The molecule has 1 fully saturated rings. The Morgan fingerprint density at radius 1 is 1.10 bits per heavy atom. The number of nitrogens with zero attached hydrogens (tertiary/aromatic N) is 1. The van der Waals surface area contributed by atoms with Crippen LogP contribution < -0.4 is 0 Å². The van der Waals surface area contributed by atoms with Crippen molar-refractivity contribution >= 4 is 17.5 Å². The van der Waals surface area contributed by atoms with E-state index in [1.165, 1.54) is 0 Å². The van der Waals surface area contributed by atoms with Gasteiger partial charge in [0, 0.05) is 18.5 Å². The molecule has 1 amide bonds. The summed E-state index contributed by atoms with van der Waals surface area (Å²) in [5, 5.41) is 0. The number of amides is 1. The summed E-state index contributed by atoms with van der Waals surface area (Å²) >= 11 is 5.40. The predicted octanol–water partition coefficient (Wildman–Crippen LogP) is 3.74. The van der Waals surface area contributed by atoms with Crippen LogP contribution in [0.3, 0.4) is 0 Å². The number of rotatable bonds is 4. The Kier molecular flexibility index (Phi) is 5.57. The van der Waals surface area contributed by atoms with Crippen LogP contribution in [0.4, 0.5) is 26.3 Å². The van der Waals surface area contributed by atoms with E-state index in [2.05, 4.69) is 0 Å². The summed E-state index contributed by atoms with van der Waals surface area (Å²) in [5.74, 6) is -6.12. The Morgan fingerprint density at radius 3 is 1.90 bits per heavy atom. The number of hydrogen-bond acceptors (Lipinski definition) is 1. The summed E-state index contributed by atoms with van der Waals surface area (Å²) in [6.07, 6.45) is -9.13. The average Bonchev–Trinajstić information content (AvgIpc) is 2.74. The minimum Gasteiger partial charge on any atom is -0.338 e. The fourth-order valence-electron chi connectivity index (χ4n) is 2.41. The second-order valence-corrected chi connectivity index (χ2v) is 5.05. The molecule has 1 saturated carbocycles. The molecular weight excluding hydrogens is 312 g/mol. The SMILES string of the molecule is O=C(C(C(F)(F)F)C(F)(F)F)N(CCCl)C1CCCC1. The number of alkyl halides is 7. The van der Waals surface area contributed by atoms with E-state index >= 15 is 0 Å². The van der Waals surface area contributed by atoms with E-state index in [4.69, 9.17) is 11.6 Å². The summed E-state index contributed by atoms with van der Waals surface area (Å²) in [4.78, 5) is 12.4. The highest BCUT2D eigenvalue weighted by Gasteiger charge is 2.62. The first kappa shape index (κ1) is 17.4. The van der Waals surface area contributed by atoms with Crippen LogP contribution in [0.15, 0.2) is 0 Å². The lowest BCUT2D eigenvalue weighted by Crippen LogP contribution is -2.52. The van der Waals surface area contributed by atoms with E-state index in [1.807, 2.05) is 0 Å². The van der Waals surface area contributed by atoms with Crippen molar-refractivity contribution in [3.8, 4) is 0 Å². The molecule has 1 aliphatic carbocycles. The predicted molar refractivity (Wildman–Crippen MR) is 60.3 cm³/mol. The fraction of sp³-hybridized carbons (Fsp3) is 0.909. The zero-order valence-electron chi connectivity index (χ0n) is 10.4. The number of halogens is 7. The van der Waals surface area contributed by atoms with Gasteiger partial charge >= 0.3 is 12.4 Å². The van der Waals surface area contributed by atoms with Crippen molar-refractivity contribution in [2.75, 3.05) is 12.4 Å². The zero-order valence-corrected chi connectivity index (χ0v) is 11.2. The third-order valence-corrected chi connectivity index (χ3v) is 3.44. The molecule has 20 heavy (non-hydrogen) atoms. The molecule has 0 aromatic rings. The Labute approximate surface area is 117 Å². The highest BCUT2D eigenvalue weighted by molar-refractivity contribution is 6.18. The largest absolute Gasteiger partial charge is 0.409 e. The minimum absolute atomic E-state index is 0.204. The molecule has 0 heterocycles. The Balaban J connectivity index is 3.00. The molecule has 2 nitrogen and oxygen atoms in total. The van der Waals surface area contributed by atoms with Crippen LogP contribution in [0.2, 0.25) is 0 Å². The van der Waals surface area contributed by atoms with E-state index in [9.17, 15) is 31.1 Å². The van der Waals surface area contributed by atoms with E-state index in [-0.39, 0.29) is 12.4 Å². The highest BCUT2D eigenvalue weighted by atomic mass is 35.5. The van der Waals surface area contributed by atoms with Gasteiger partial charge < -0.3 is 4.90 Å². The Hall–Kier alpha value is -0.660. The molecular formula is C11H14ClF6NO. The molecule has 0 aliphatic heterocycles. The molecule has 0 spiro atoms. The maximum Gasteiger partial charge on any atom is 0.409 e. The summed E-state index contributed by atoms with van der Waals surface area (Å²) in [7, 11) is 0. The lowest BCUT2D eigenvalue weighted by atomic mass is 10.0. The third-order valence-electron chi connectivity index (χ3n) is 3.28. The van der Waals surface area contributed by atoms with Crippen LogP contribution in [0.5, 0.6) is 0 Å². The monoisotopic (exact) mass is 325 g/mol. The van der Waals surface area contributed by atoms with Crippen molar-refractivity contribution in [1.29, 1.82) is 0 Å². The average molecular weight is 326 g/mol. The van der Waals surface area contributed by atoms with Gasteiger partial charge in [0.05, 0.1) is 0 Å². The second-order valence-electron chi connectivity index (χ2n) is 4.68. The normalized spacial score (nSPS) is 17.8. The molecule has 1 rings (SSSR count). The van der Waals surface area contributed by atoms with Crippen LogP contribution in [0.1, 0.15) is 25.7 Å². The van der Waals surface area contributed by atoms with Crippen LogP contribution in [-0.2, 0) is 4.79 Å². The van der Waals surface area contributed by atoms with Gasteiger partial charge in [0.1, 0.15) is 0 Å². The van der Waals surface area contributed by atoms with Crippen molar-refractivity contribution < 1.29 is 31.1 Å². The van der Waals surface area contributed by atoms with E-state index in [0.29, 0.717) is 30.6 Å². The van der Waals surface area contributed by atoms with Crippen LogP contribution in [0.25, 0.3) is 0 Å². The first-order valence-electron chi connectivity index (χ1n) is 6.09. The quantitative estimate of drug-likeness (QED) is 0.569. The first-order valence-corrected chi connectivity index (χ1v) is 6.62. The molecule has 0 aromatic carbocycles. The van der Waals surface area contributed by atoms with Crippen molar-refractivity contribution in [1.82, 2.24) is 4.90 Å². The van der Waals surface area contributed by atoms with Crippen LogP contribution in [-0.4, -0.2) is 41.6 Å². The molecule has 0 radical (unpaired) electrons. The van der Waals surface area contributed by atoms with Crippen LogP contribution >= 0.6 is 11.6 Å². The zero-order chi connectivity index (χ0) is 15.6. The molecule has 0 aromatic heterocycles. The van der Waals surface area contributed by atoms with Gasteiger partial charge in [-0.05, 0) is 12.8 Å². The molecule has 0 bridgehead atoms. The molecule has 9 heteroatoms. The van der Waals surface area contributed by atoms with Gasteiger partial charge in [0.25, 0.3) is 0 Å². The second kappa shape index (κ2) is 6.41. The summed E-state index contributed by atoms with van der Waals surface area (Å²) in [5.41, 5.74) is 0. The maximum absolute atomic E-state index is 12.6. The van der Waals surface area contributed by atoms with Gasteiger partial charge in [0.15, 0.2) is 0 Å². The van der Waals surface area contributed by atoms with Crippen molar-refractivity contribution in [2.45, 2.75) is 44.1 Å². The van der Waals surface area contributed by atoms with Gasteiger partial charge in [-0.3, -0.25) is 4.79 Å². The lowest BCUT2D eigenvalue weighted by Gasteiger charge is -2.33. The summed E-state index contributed by atoms with van der Waals surface area (Å²) in [6, 6.07) is -0.589. The summed E-state index contributed by atoms with van der Waals surface area (Å²) in [6.45, 7) is -0.312. The standard InChI is InChI=1S/C11H14ClF6NO/c12-5-6-19(7-3-1-2-4-7)9(20)8(10(13,14)15)11(16,17)18/h7-8H,1-6H2. The number of hydrogen-bond donors (Lipinski definition) is 0. The topological polar surface area (TPSA) is 20.3 Å². The van der Waals surface area contributed by atoms with Gasteiger partial charge in [-0.2, -0.15) is 26.3 Å². The van der Waals surface area contributed by atoms with Gasteiger partial charge in [0.2, 0.25) is 11.8 Å². The number of carbonyl (C=O) groups excluding carboxylic acids is 1. The molecule has 0 atom stereocenters. The Morgan fingerprint density at radius 2 is 1.55 bits per heavy atom. The van der Waals surface area contributed by atoms with E-state index in [1.54, 1.807) is 0 Å². The van der Waals surface area contributed by atoms with Gasteiger partial charge in [-0.15, -0.1) is 11.6 Å². The van der Waals surface area contributed by atoms with Crippen molar-refractivity contribution in [3.63, 3.8) is 0 Å². The van der Waals surface area contributed by atoms with Crippen LogP contribution in [0, 0.1) is 5.92 Å². The maximum atomic E-state index is 12.6. The third kappa shape index (κ3) is 4.17. The van der Waals surface area contributed by atoms with E-state index in [0.717, 1.165) is 0 Å². The van der Waals surface area contributed by atoms with Gasteiger partial charge in [-0.1, -0.05) is 12.8 Å². The number of carbonyl (C=O) groups is 1. The lowest BCUT2D eigenvalue weighted by molar-refractivity contribution is -0.278. The summed E-state index contributed by atoms with van der Waals surface area (Å²) < 4.78 is 75.3. The smallest absolute Gasteiger partial charge is 0.338 e.